The molecule has 0 atom stereocenters. The largest absolute Gasteiger partial charge is 0.507 e. The summed E-state index contributed by atoms with van der Waals surface area (Å²) in [7, 11) is 0. The Hall–Kier alpha value is -2.12. The minimum atomic E-state index is 0.170. The topological polar surface area (TPSA) is 63.3 Å². The van der Waals surface area contributed by atoms with Crippen LogP contribution in [0.25, 0.3) is 0 Å². The molecule has 2 aromatic carbocycles. The van der Waals surface area contributed by atoms with Crippen LogP contribution < -0.4 is 0 Å². The molecule has 0 radical (unpaired) electrons. The van der Waals surface area contributed by atoms with Crippen LogP contribution in [0.4, 0.5) is 0 Å². The summed E-state index contributed by atoms with van der Waals surface area (Å²) >= 11 is 4.94. The van der Waals surface area contributed by atoms with Crippen LogP contribution in [-0.4, -0.2) is 26.2 Å². The van der Waals surface area contributed by atoms with Crippen molar-refractivity contribution in [2.45, 2.75) is 17.8 Å². The highest BCUT2D eigenvalue weighted by Crippen LogP contribution is 2.22. The number of halogens is 1. The smallest absolute Gasteiger partial charge is 0.212 e. The highest BCUT2D eigenvalue weighted by atomic mass is 79.9. The quantitative estimate of drug-likeness (QED) is 0.512. The molecular weight excluding hydrogens is 388 g/mol. The molecule has 7 heteroatoms. The third-order valence-corrected chi connectivity index (χ3v) is 4.80. The lowest BCUT2D eigenvalue weighted by Crippen LogP contribution is -1.93. The first kappa shape index (κ1) is 16.7. The first-order valence-electron chi connectivity index (χ1n) is 7.23. The zero-order chi connectivity index (χ0) is 16.9. The average Bonchev–Trinajstić information content (AvgIpc) is 3.02. The lowest BCUT2D eigenvalue weighted by molar-refractivity contribution is 0.474. The molecular formula is C17H15BrN4OS. The maximum atomic E-state index is 9.85. The van der Waals surface area contributed by atoms with Crippen LogP contribution in [0.5, 0.6) is 5.75 Å². The van der Waals surface area contributed by atoms with Crippen LogP contribution >= 0.6 is 27.7 Å². The highest BCUT2D eigenvalue weighted by Gasteiger charge is 2.05. The number of aromatic hydroxyl groups is 1. The minimum Gasteiger partial charge on any atom is -0.507 e. The number of thioether (sulfide) groups is 1. The van der Waals surface area contributed by atoms with Gasteiger partial charge in [-0.15, -0.1) is 10.2 Å². The maximum Gasteiger partial charge on any atom is 0.212 e. The Balaban J connectivity index is 1.72. The van der Waals surface area contributed by atoms with Crippen LogP contribution in [0.15, 0.2) is 63.5 Å². The number of aromatic nitrogens is 3. The summed E-state index contributed by atoms with van der Waals surface area (Å²) in [5, 5.41) is 22.9. The molecule has 0 spiro atoms. The molecule has 122 valence electrons. The summed E-state index contributed by atoms with van der Waals surface area (Å²) < 4.78 is 2.47. The molecule has 0 fully saturated rings. The van der Waals surface area contributed by atoms with Crippen LogP contribution in [0.1, 0.15) is 16.7 Å². The fourth-order valence-electron chi connectivity index (χ4n) is 1.98. The molecule has 5 nitrogen and oxygen atoms in total. The monoisotopic (exact) mass is 402 g/mol. The molecule has 0 aliphatic carbocycles. The summed E-state index contributed by atoms with van der Waals surface area (Å²) in [5.74, 6) is 0.959. The van der Waals surface area contributed by atoms with Gasteiger partial charge in [0.25, 0.3) is 0 Å². The molecule has 0 aliphatic rings. The highest BCUT2D eigenvalue weighted by molar-refractivity contribution is 9.10. The van der Waals surface area contributed by atoms with Crippen LogP contribution in [0.2, 0.25) is 0 Å². The molecule has 3 aromatic rings. The van der Waals surface area contributed by atoms with E-state index in [1.54, 1.807) is 47.2 Å². The second-order valence-corrected chi connectivity index (χ2v) is 7.04. The van der Waals surface area contributed by atoms with E-state index in [4.69, 9.17) is 0 Å². The molecule has 0 saturated heterocycles. The van der Waals surface area contributed by atoms with Crippen molar-refractivity contribution >= 4 is 33.9 Å². The summed E-state index contributed by atoms with van der Waals surface area (Å²) in [6.07, 6.45) is 3.13. The van der Waals surface area contributed by atoms with Gasteiger partial charge >= 0.3 is 0 Å². The van der Waals surface area contributed by atoms with Crippen molar-refractivity contribution in [3.63, 3.8) is 0 Å². The van der Waals surface area contributed by atoms with Gasteiger partial charge in [-0.25, -0.2) is 0 Å². The van der Waals surface area contributed by atoms with Crippen molar-refractivity contribution in [1.29, 1.82) is 0 Å². The Morgan fingerprint density at radius 1 is 1.25 bits per heavy atom. The van der Waals surface area contributed by atoms with E-state index in [0.717, 1.165) is 10.2 Å². The van der Waals surface area contributed by atoms with Crippen molar-refractivity contribution < 1.29 is 5.11 Å². The first-order valence-corrected chi connectivity index (χ1v) is 9.01. The second kappa shape index (κ2) is 7.63. The number of hydrogen-bond donors (Lipinski definition) is 1. The van der Waals surface area contributed by atoms with Crippen molar-refractivity contribution in [2.24, 2.45) is 5.10 Å². The number of nitrogens with zero attached hydrogens (tertiary/aromatic N) is 4. The van der Waals surface area contributed by atoms with Crippen molar-refractivity contribution in [3.05, 3.63) is 70.0 Å². The van der Waals surface area contributed by atoms with Gasteiger partial charge in [0.05, 0.1) is 6.21 Å². The van der Waals surface area contributed by atoms with Crippen LogP contribution in [-0.2, 0) is 5.75 Å². The Bertz CT molecular complexity index is 861. The standard InChI is InChI=1S/C17H15BrN4OS/c1-12-2-4-13(5-3-12)10-24-17-21-19-11-22(17)20-9-14-8-15(18)6-7-16(14)23/h2-9,11,23H,10H2,1H3/b20-9-. The summed E-state index contributed by atoms with van der Waals surface area (Å²) in [4.78, 5) is 0. The molecule has 1 N–H and O–H groups in total. The molecule has 1 heterocycles. The second-order valence-electron chi connectivity index (χ2n) is 5.18. The SMILES string of the molecule is Cc1ccc(CSc2nncn2/N=C\c2cc(Br)ccc2O)cc1. The lowest BCUT2D eigenvalue weighted by atomic mass is 10.2. The van der Waals surface area contributed by atoms with Crippen molar-refractivity contribution in [1.82, 2.24) is 14.9 Å². The van der Waals surface area contributed by atoms with Gasteiger partial charge in [0.1, 0.15) is 12.1 Å². The number of benzene rings is 2. The van der Waals surface area contributed by atoms with Gasteiger partial charge in [-0.05, 0) is 30.7 Å². The van der Waals surface area contributed by atoms with Crippen LogP contribution in [0, 0.1) is 6.92 Å². The number of phenols is 1. The van der Waals surface area contributed by atoms with Crippen molar-refractivity contribution in [3.8, 4) is 5.75 Å². The number of phenolic OH excluding ortho intramolecular Hbond substituents is 1. The van der Waals surface area contributed by atoms with E-state index in [1.165, 1.54) is 11.1 Å². The van der Waals surface area contributed by atoms with E-state index in [9.17, 15) is 5.11 Å². The lowest BCUT2D eigenvalue weighted by Gasteiger charge is -2.03. The summed E-state index contributed by atoms with van der Waals surface area (Å²) in [5.41, 5.74) is 3.08. The predicted octanol–water partition coefficient (Wildman–Crippen LogP) is 4.23. The van der Waals surface area contributed by atoms with Gasteiger partial charge in [0.15, 0.2) is 0 Å². The normalized spacial score (nSPS) is 11.2. The van der Waals surface area contributed by atoms with E-state index < -0.39 is 0 Å². The third kappa shape index (κ3) is 4.24. The van der Waals surface area contributed by atoms with Gasteiger partial charge < -0.3 is 5.11 Å². The Morgan fingerprint density at radius 3 is 2.83 bits per heavy atom. The first-order chi connectivity index (χ1) is 11.6. The summed E-state index contributed by atoms with van der Waals surface area (Å²) in [6, 6.07) is 13.6. The molecule has 0 aliphatic heterocycles. The Morgan fingerprint density at radius 2 is 2.04 bits per heavy atom. The molecule has 3 rings (SSSR count). The number of aryl methyl sites for hydroxylation is 1. The van der Waals surface area contributed by atoms with E-state index in [2.05, 4.69) is 62.4 Å². The minimum absolute atomic E-state index is 0.170. The zero-order valence-corrected chi connectivity index (χ0v) is 15.3. The molecule has 0 unspecified atom stereocenters. The van der Waals surface area contributed by atoms with Gasteiger partial charge in [-0.1, -0.05) is 57.5 Å². The molecule has 0 bridgehead atoms. The Labute approximate surface area is 152 Å². The van der Waals surface area contributed by atoms with Gasteiger partial charge in [0, 0.05) is 15.8 Å². The fraction of sp³-hybridized carbons (Fsp3) is 0.118. The molecule has 1 aromatic heterocycles. The zero-order valence-electron chi connectivity index (χ0n) is 12.9. The van der Waals surface area contributed by atoms with Gasteiger partial charge in [-0.3, -0.25) is 0 Å². The third-order valence-electron chi connectivity index (χ3n) is 3.30. The molecule has 0 amide bonds. The Kier molecular flexibility index (Phi) is 5.32. The fourth-order valence-corrected chi connectivity index (χ4v) is 3.18. The van der Waals surface area contributed by atoms with Gasteiger partial charge in [0.2, 0.25) is 5.16 Å². The molecule has 24 heavy (non-hydrogen) atoms. The van der Waals surface area contributed by atoms with E-state index in [1.807, 2.05) is 0 Å². The maximum absolute atomic E-state index is 9.85. The number of hydrogen-bond acceptors (Lipinski definition) is 5. The molecule has 0 saturated carbocycles. The summed E-state index contributed by atoms with van der Waals surface area (Å²) in [6.45, 7) is 2.07. The van der Waals surface area contributed by atoms with Crippen molar-refractivity contribution in [2.75, 3.05) is 0 Å². The number of rotatable bonds is 5. The van der Waals surface area contributed by atoms with E-state index in [0.29, 0.717) is 10.7 Å². The van der Waals surface area contributed by atoms with E-state index in [-0.39, 0.29) is 5.75 Å². The van der Waals surface area contributed by atoms with Gasteiger partial charge in [-0.2, -0.15) is 9.78 Å². The van der Waals surface area contributed by atoms with E-state index >= 15 is 0 Å². The average molecular weight is 403 g/mol. The predicted molar refractivity (Wildman–Crippen MR) is 99.6 cm³/mol. The van der Waals surface area contributed by atoms with Crippen LogP contribution in [0.3, 0.4) is 0 Å².